The third-order valence-corrected chi connectivity index (χ3v) is 9.63. The number of piperidine rings is 1. The van der Waals surface area contributed by atoms with E-state index in [0.717, 1.165) is 83.1 Å². The molecule has 1 saturated carbocycles. The second-order valence-electron chi connectivity index (χ2n) is 12.4. The molecule has 204 valence electrons. The van der Waals surface area contributed by atoms with Gasteiger partial charge in [-0.1, -0.05) is 55.3 Å². The summed E-state index contributed by atoms with van der Waals surface area (Å²) in [5.41, 5.74) is 2.37. The van der Waals surface area contributed by atoms with Crippen LogP contribution in [0.3, 0.4) is 0 Å². The van der Waals surface area contributed by atoms with Crippen molar-refractivity contribution in [3.05, 3.63) is 71.5 Å². The van der Waals surface area contributed by atoms with Crippen molar-refractivity contribution in [3.8, 4) is 0 Å². The van der Waals surface area contributed by atoms with Crippen LogP contribution in [0.4, 0.5) is 4.39 Å². The maximum absolute atomic E-state index is 14.2. The summed E-state index contributed by atoms with van der Waals surface area (Å²) in [6.45, 7) is 4.41. The van der Waals surface area contributed by atoms with Crippen LogP contribution in [0, 0.1) is 17.7 Å². The third kappa shape index (κ3) is 5.98. The molecule has 0 radical (unpaired) electrons. The van der Waals surface area contributed by atoms with Crippen LogP contribution in [0.5, 0.6) is 0 Å². The zero-order valence-electron chi connectivity index (χ0n) is 22.3. The lowest BCUT2D eigenvalue weighted by Crippen LogP contribution is -2.46. The molecule has 38 heavy (non-hydrogen) atoms. The van der Waals surface area contributed by atoms with Crippen LogP contribution >= 0.6 is 0 Å². The predicted octanol–water partition coefficient (Wildman–Crippen LogP) is 5.35. The molecule has 1 aliphatic carbocycles. The number of hydrogen-bond donors (Lipinski definition) is 1. The van der Waals surface area contributed by atoms with Gasteiger partial charge in [-0.2, -0.15) is 0 Å². The van der Waals surface area contributed by atoms with Crippen LogP contribution in [-0.4, -0.2) is 71.3 Å². The normalized spacial score (nSPS) is 28.6. The minimum atomic E-state index is -0.709. The van der Waals surface area contributed by atoms with Gasteiger partial charge >= 0.3 is 5.97 Å². The van der Waals surface area contributed by atoms with Gasteiger partial charge < -0.3 is 14.7 Å². The highest BCUT2D eigenvalue weighted by Crippen LogP contribution is 2.42. The van der Waals surface area contributed by atoms with Gasteiger partial charge in [0.15, 0.2) is 0 Å². The largest absolute Gasteiger partial charge is 0.480 e. The van der Waals surface area contributed by atoms with Crippen LogP contribution in [0.15, 0.2) is 54.6 Å². The molecule has 4 atom stereocenters. The summed E-state index contributed by atoms with van der Waals surface area (Å²) < 4.78 is 20.9. The first kappa shape index (κ1) is 26.0. The SMILES string of the molecule is O=C(O)C(CC1CC1)N1C[C@H](CN2CCC3(CCC(Cc4ccccc4)O3)CC2)[C@@H](c2cccc(F)c2)C1. The van der Waals surface area contributed by atoms with E-state index in [1.807, 2.05) is 6.07 Å². The molecular weight excluding hydrogens is 479 g/mol. The van der Waals surface area contributed by atoms with Gasteiger partial charge in [0, 0.05) is 38.6 Å². The van der Waals surface area contributed by atoms with Crippen LogP contribution in [-0.2, 0) is 16.0 Å². The van der Waals surface area contributed by atoms with Gasteiger partial charge in [0.05, 0.1) is 11.7 Å². The molecule has 3 aliphatic heterocycles. The summed E-state index contributed by atoms with van der Waals surface area (Å²) in [5, 5.41) is 10.0. The van der Waals surface area contributed by atoms with Gasteiger partial charge in [-0.05, 0) is 73.6 Å². The number of rotatable bonds is 9. The Morgan fingerprint density at radius 1 is 1.03 bits per heavy atom. The molecule has 2 unspecified atom stereocenters. The number of likely N-dealkylation sites (tertiary alicyclic amines) is 2. The Hall–Kier alpha value is -2.28. The Balaban J connectivity index is 1.09. The lowest BCUT2D eigenvalue weighted by molar-refractivity contribution is -0.143. The van der Waals surface area contributed by atoms with Crippen molar-refractivity contribution in [2.75, 3.05) is 32.7 Å². The molecule has 4 fully saturated rings. The van der Waals surface area contributed by atoms with Crippen LogP contribution in [0.1, 0.15) is 62.0 Å². The number of carboxylic acids is 1. The molecule has 6 rings (SSSR count). The van der Waals surface area contributed by atoms with E-state index in [0.29, 0.717) is 24.5 Å². The second kappa shape index (κ2) is 11.1. The maximum Gasteiger partial charge on any atom is 0.320 e. The van der Waals surface area contributed by atoms with Gasteiger partial charge in [0.1, 0.15) is 11.9 Å². The molecule has 5 nitrogen and oxygen atoms in total. The van der Waals surface area contributed by atoms with E-state index in [-0.39, 0.29) is 17.3 Å². The number of carboxylic acid groups (broad SMARTS) is 1. The zero-order valence-corrected chi connectivity index (χ0v) is 22.3. The van der Waals surface area contributed by atoms with Gasteiger partial charge in [-0.25, -0.2) is 4.39 Å². The van der Waals surface area contributed by atoms with E-state index in [1.54, 1.807) is 12.1 Å². The molecule has 2 aromatic rings. The molecule has 3 heterocycles. The summed E-state index contributed by atoms with van der Waals surface area (Å²) in [7, 11) is 0. The number of carbonyl (C=O) groups is 1. The first-order valence-corrected chi connectivity index (χ1v) is 14.6. The van der Waals surface area contributed by atoms with Crippen LogP contribution in [0.25, 0.3) is 0 Å². The second-order valence-corrected chi connectivity index (χ2v) is 12.4. The number of aliphatic carboxylic acids is 1. The molecule has 4 aliphatic rings. The molecule has 6 heteroatoms. The molecule has 1 N–H and O–H groups in total. The fraction of sp³-hybridized carbons (Fsp3) is 0.594. The standard InChI is InChI=1S/C32H41FN2O3/c33-27-8-4-7-25(19-27)29-22-35(30(31(36)37)18-24-9-10-24)21-26(29)20-34-15-13-32(14-16-34)12-11-28(38-32)17-23-5-2-1-3-6-23/h1-8,19,24,26,28-30H,9-18,20-22H2,(H,36,37)/t26-,28?,29+,30?/m0/s1. The fourth-order valence-corrected chi connectivity index (χ4v) is 7.29. The lowest BCUT2D eigenvalue weighted by Gasteiger charge is -2.40. The molecule has 0 amide bonds. The van der Waals surface area contributed by atoms with Crippen LogP contribution < -0.4 is 0 Å². The lowest BCUT2D eigenvalue weighted by atomic mass is 9.85. The van der Waals surface area contributed by atoms with E-state index < -0.39 is 12.0 Å². The van der Waals surface area contributed by atoms with Crippen molar-refractivity contribution in [3.63, 3.8) is 0 Å². The Bertz CT molecular complexity index is 1100. The monoisotopic (exact) mass is 520 g/mol. The minimum absolute atomic E-state index is 0.0122. The number of halogens is 1. The number of nitrogens with zero attached hydrogens (tertiary/aromatic N) is 2. The Morgan fingerprint density at radius 2 is 1.82 bits per heavy atom. The Kier molecular flexibility index (Phi) is 7.56. The number of benzene rings is 2. The van der Waals surface area contributed by atoms with E-state index in [2.05, 4.69) is 40.1 Å². The van der Waals surface area contributed by atoms with Crippen molar-refractivity contribution >= 4 is 5.97 Å². The average Bonchev–Trinajstić information content (AvgIpc) is 3.53. The number of ether oxygens (including phenoxy) is 1. The smallest absolute Gasteiger partial charge is 0.320 e. The zero-order chi connectivity index (χ0) is 26.1. The summed E-state index contributed by atoms with van der Waals surface area (Å²) in [5.74, 6) is 0.0794. The van der Waals surface area contributed by atoms with Crippen LogP contribution in [0.2, 0.25) is 0 Å². The highest BCUT2D eigenvalue weighted by Gasteiger charge is 2.45. The summed E-state index contributed by atoms with van der Waals surface area (Å²) in [4.78, 5) is 16.9. The van der Waals surface area contributed by atoms with E-state index in [4.69, 9.17) is 4.74 Å². The highest BCUT2D eigenvalue weighted by molar-refractivity contribution is 5.73. The van der Waals surface area contributed by atoms with Crippen molar-refractivity contribution in [2.45, 2.75) is 75.0 Å². The van der Waals surface area contributed by atoms with Gasteiger partial charge in [0.2, 0.25) is 0 Å². The summed E-state index contributed by atoms with van der Waals surface area (Å²) >= 11 is 0. The van der Waals surface area contributed by atoms with E-state index in [1.165, 1.54) is 11.6 Å². The first-order chi connectivity index (χ1) is 18.5. The quantitative estimate of drug-likeness (QED) is 0.483. The van der Waals surface area contributed by atoms with Gasteiger partial charge in [-0.3, -0.25) is 9.69 Å². The summed E-state index contributed by atoms with van der Waals surface area (Å²) in [6.07, 6.45) is 8.73. The predicted molar refractivity (Wildman–Crippen MR) is 146 cm³/mol. The molecule has 0 aromatic heterocycles. The maximum atomic E-state index is 14.2. The van der Waals surface area contributed by atoms with Gasteiger partial charge in [0.25, 0.3) is 0 Å². The van der Waals surface area contributed by atoms with Crippen molar-refractivity contribution < 1.29 is 19.0 Å². The van der Waals surface area contributed by atoms with Gasteiger partial charge in [-0.15, -0.1) is 0 Å². The topological polar surface area (TPSA) is 53.0 Å². The van der Waals surface area contributed by atoms with E-state index in [9.17, 15) is 14.3 Å². The third-order valence-electron chi connectivity index (χ3n) is 9.63. The Labute approximate surface area is 226 Å². The summed E-state index contributed by atoms with van der Waals surface area (Å²) in [6, 6.07) is 17.2. The van der Waals surface area contributed by atoms with Crippen molar-refractivity contribution in [1.82, 2.24) is 9.80 Å². The molecule has 0 bridgehead atoms. The number of hydrogen-bond acceptors (Lipinski definition) is 4. The molecule has 3 saturated heterocycles. The fourth-order valence-electron chi connectivity index (χ4n) is 7.29. The van der Waals surface area contributed by atoms with Crippen molar-refractivity contribution in [2.24, 2.45) is 11.8 Å². The van der Waals surface area contributed by atoms with Crippen molar-refractivity contribution in [1.29, 1.82) is 0 Å². The average molecular weight is 521 g/mol. The van der Waals surface area contributed by atoms with E-state index >= 15 is 0 Å². The molecule has 2 aromatic carbocycles. The minimum Gasteiger partial charge on any atom is -0.480 e. The Morgan fingerprint density at radius 3 is 2.53 bits per heavy atom. The molecule has 1 spiro atoms. The highest BCUT2D eigenvalue weighted by atomic mass is 19.1. The molecular formula is C32H41FN2O3. The first-order valence-electron chi connectivity index (χ1n) is 14.6.